The molecule has 2 aromatic rings. The third-order valence-corrected chi connectivity index (χ3v) is 4.63. The topological polar surface area (TPSA) is 37.3 Å². The first-order chi connectivity index (χ1) is 8.56. The van der Waals surface area contributed by atoms with Crippen LogP contribution in [0.1, 0.15) is 15.2 Å². The number of aromatic carboxylic acids is 1. The number of benzene rings is 1. The monoisotopic (exact) mass is 302 g/mol. The number of thiophene rings is 1. The van der Waals surface area contributed by atoms with E-state index in [0.717, 1.165) is 14.1 Å². The van der Waals surface area contributed by atoms with Crippen LogP contribution in [-0.4, -0.2) is 11.1 Å². The Bertz CT molecular complexity index is 583. The van der Waals surface area contributed by atoms with Crippen molar-refractivity contribution in [1.29, 1.82) is 0 Å². The fourth-order valence-electron chi connectivity index (χ4n) is 1.34. The maximum Gasteiger partial charge on any atom is 0.338 e. The minimum absolute atomic E-state index is 0.302. The van der Waals surface area contributed by atoms with Gasteiger partial charge in [0, 0.05) is 15.5 Å². The molecule has 0 spiro atoms. The highest BCUT2D eigenvalue weighted by molar-refractivity contribution is 7.98. The van der Waals surface area contributed by atoms with Crippen molar-refractivity contribution in [3.8, 4) is 0 Å². The minimum Gasteiger partial charge on any atom is -0.478 e. The highest BCUT2D eigenvalue weighted by atomic mass is 35.5. The molecule has 0 aliphatic carbocycles. The second-order valence-corrected chi connectivity index (χ2v) is 6.29. The van der Waals surface area contributed by atoms with E-state index >= 15 is 0 Å². The largest absolute Gasteiger partial charge is 0.478 e. The van der Waals surface area contributed by atoms with Crippen LogP contribution in [0.5, 0.6) is 0 Å². The summed E-state index contributed by atoms with van der Waals surface area (Å²) in [5.74, 6) is -1.29. The standard InChI is InChI=1S/C12H8ClFO2S2/c13-11-4-2-8(18-11)6-17-7-1-3-10(14)9(5-7)12(15)16/h1-5H,6H2,(H,15,16). The molecule has 0 fully saturated rings. The Labute approximate surface area is 116 Å². The maximum atomic E-state index is 13.2. The van der Waals surface area contributed by atoms with Gasteiger partial charge in [-0.3, -0.25) is 0 Å². The van der Waals surface area contributed by atoms with Gasteiger partial charge in [0.15, 0.2) is 0 Å². The van der Waals surface area contributed by atoms with Crippen LogP contribution in [0.15, 0.2) is 35.2 Å². The summed E-state index contributed by atoms with van der Waals surface area (Å²) < 4.78 is 13.9. The zero-order valence-electron chi connectivity index (χ0n) is 9.02. The first-order valence-corrected chi connectivity index (χ1v) is 7.14. The Kier molecular flexibility index (Phi) is 4.27. The second kappa shape index (κ2) is 5.73. The molecule has 0 atom stereocenters. The lowest BCUT2D eigenvalue weighted by atomic mass is 10.2. The fourth-order valence-corrected chi connectivity index (χ4v) is 3.41. The molecule has 1 aromatic heterocycles. The van der Waals surface area contributed by atoms with Crippen molar-refractivity contribution in [2.75, 3.05) is 0 Å². The van der Waals surface area contributed by atoms with Crippen LogP contribution in [0, 0.1) is 5.82 Å². The van der Waals surface area contributed by atoms with E-state index < -0.39 is 11.8 Å². The molecule has 6 heteroatoms. The number of carboxylic acid groups (broad SMARTS) is 1. The van der Waals surface area contributed by atoms with Gasteiger partial charge in [-0.2, -0.15) is 0 Å². The smallest absolute Gasteiger partial charge is 0.338 e. The molecule has 2 rings (SSSR count). The van der Waals surface area contributed by atoms with Crippen molar-refractivity contribution in [2.24, 2.45) is 0 Å². The van der Waals surface area contributed by atoms with Gasteiger partial charge in [0.2, 0.25) is 0 Å². The summed E-state index contributed by atoms with van der Waals surface area (Å²) in [4.78, 5) is 12.6. The lowest BCUT2D eigenvalue weighted by Crippen LogP contribution is -2.00. The number of thioether (sulfide) groups is 1. The van der Waals surface area contributed by atoms with Crippen molar-refractivity contribution in [1.82, 2.24) is 0 Å². The molecule has 0 saturated heterocycles. The van der Waals surface area contributed by atoms with Crippen LogP contribution >= 0.6 is 34.7 Å². The Balaban J connectivity index is 2.10. The Hall–Kier alpha value is -1.04. The average molecular weight is 303 g/mol. The molecular weight excluding hydrogens is 295 g/mol. The summed E-state index contributed by atoms with van der Waals surface area (Å²) in [6, 6.07) is 7.82. The normalized spacial score (nSPS) is 10.6. The molecule has 18 heavy (non-hydrogen) atoms. The number of halogens is 2. The van der Waals surface area contributed by atoms with Crippen molar-refractivity contribution in [3.63, 3.8) is 0 Å². The summed E-state index contributed by atoms with van der Waals surface area (Å²) in [6.07, 6.45) is 0. The van der Waals surface area contributed by atoms with Crippen LogP contribution < -0.4 is 0 Å². The van der Waals surface area contributed by atoms with E-state index in [1.807, 2.05) is 12.1 Å². The van der Waals surface area contributed by atoms with Crippen molar-refractivity contribution in [2.45, 2.75) is 10.6 Å². The van der Waals surface area contributed by atoms with Gasteiger partial charge >= 0.3 is 5.97 Å². The van der Waals surface area contributed by atoms with E-state index in [9.17, 15) is 9.18 Å². The van der Waals surface area contributed by atoms with E-state index in [0.29, 0.717) is 5.75 Å². The van der Waals surface area contributed by atoms with Crippen molar-refractivity contribution >= 4 is 40.7 Å². The molecule has 1 aromatic carbocycles. The predicted molar refractivity (Wildman–Crippen MR) is 72.2 cm³/mol. The van der Waals surface area contributed by atoms with Crippen LogP contribution in [0.4, 0.5) is 4.39 Å². The molecule has 0 amide bonds. The number of hydrogen-bond acceptors (Lipinski definition) is 3. The van der Waals surface area contributed by atoms with Gasteiger partial charge in [-0.15, -0.1) is 23.1 Å². The zero-order chi connectivity index (χ0) is 13.1. The van der Waals surface area contributed by atoms with Gasteiger partial charge in [0.25, 0.3) is 0 Å². The predicted octanol–water partition coefficient (Wildman–Crippen LogP) is 4.53. The lowest BCUT2D eigenvalue weighted by Gasteiger charge is -2.02. The van der Waals surface area contributed by atoms with Gasteiger partial charge in [-0.05, 0) is 30.3 Å². The van der Waals surface area contributed by atoms with Gasteiger partial charge in [0.05, 0.1) is 9.90 Å². The molecule has 1 N–H and O–H groups in total. The third kappa shape index (κ3) is 3.25. The molecule has 0 aliphatic rings. The molecule has 94 valence electrons. The molecule has 0 unspecified atom stereocenters. The quantitative estimate of drug-likeness (QED) is 0.843. The van der Waals surface area contributed by atoms with Crippen LogP contribution in [0.3, 0.4) is 0 Å². The number of carbonyl (C=O) groups is 1. The number of carboxylic acids is 1. The molecule has 0 radical (unpaired) electrons. The average Bonchev–Trinajstić information content (AvgIpc) is 2.74. The number of hydrogen-bond donors (Lipinski definition) is 1. The Morgan fingerprint density at radius 3 is 2.78 bits per heavy atom. The second-order valence-electron chi connectivity index (χ2n) is 3.44. The first-order valence-electron chi connectivity index (χ1n) is 4.96. The van der Waals surface area contributed by atoms with Gasteiger partial charge in [-0.25, -0.2) is 9.18 Å². The molecule has 0 bridgehead atoms. The van der Waals surface area contributed by atoms with E-state index in [-0.39, 0.29) is 5.56 Å². The fraction of sp³-hybridized carbons (Fsp3) is 0.0833. The molecule has 0 aliphatic heterocycles. The zero-order valence-corrected chi connectivity index (χ0v) is 11.4. The third-order valence-electron chi connectivity index (χ3n) is 2.18. The first kappa shape index (κ1) is 13.4. The summed E-state index contributed by atoms with van der Waals surface area (Å²) in [5, 5.41) is 8.81. The lowest BCUT2D eigenvalue weighted by molar-refractivity contribution is 0.0691. The highest BCUT2D eigenvalue weighted by Gasteiger charge is 2.11. The van der Waals surface area contributed by atoms with E-state index in [1.54, 1.807) is 6.07 Å². The van der Waals surface area contributed by atoms with E-state index in [1.165, 1.54) is 35.2 Å². The van der Waals surface area contributed by atoms with Gasteiger partial charge in [0.1, 0.15) is 5.82 Å². The summed E-state index contributed by atoms with van der Waals surface area (Å²) in [7, 11) is 0. The summed E-state index contributed by atoms with van der Waals surface area (Å²) in [6.45, 7) is 0. The van der Waals surface area contributed by atoms with E-state index in [4.69, 9.17) is 16.7 Å². The van der Waals surface area contributed by atoms with Gasteiger partial charge in [-0.1, -0.05) is 11.6 Å². The highest BCUT2D eigenvalue weighted by Crippen LogP contribution is 2.29. The van der Waals surface area contributed by atoms with Crippen molar-refractivity contribution in [3.05, 3.63) is 50.9 Å². The van der Waals surface area contributed by atoms with Crippen LogP contribution in [-0.2, 0) is 5.75 Å². The van der Waals surface area contributed by atoms with Crippen LogP contribution in [0.25, 0.3) is 0 Å². The summed E-state index contributed by atoms with van der Waals surface area (Å²) in [5.41, 5.74) is -0.302. The summed E-state index contributed by atoms with van der Waals surface area (Å²) >= 11 is 8.74. The van der Waals surface area contributed by atoms with Crippen molar-refractivity contribution < 1.29 is 14.3 Å². The minimum atomic E-state index is -1.26. The Morgan fingerprint density at radius 2 is 2.17 bits per heavy atom. The molecular formula is C12H8ClFO2S2. The van der Waals surface area contributed by atoms with Crippen LogP contribution in [0.2, 0.25) is 4.34 Å². The Morgan fingerprint density at radius 1 is 1.39 bits per heavy atom. The molecule has 0 saturated carbocycles. The maximum absolute atomic E-state index is 13.2. The number of rotatable bonds is 4. The van der Waals surface area contributed by atoms with E-state index in [2.05, 4.69) is 0 Å². The SMILES string of the molecule is O=C(O)c1cc(SCc2ccc(Cl)s2)ccc1F. The van der Waals surface area contributed by atoms with Gasteiger partial charge < -0.3 is 5.11 Å². The molecule has 1 heterocycles. The molecule has 2 nitrogen and oxygen atoms in total.